The van der Waals surface area contributed by atoms with Crippen molar-refractivity contribution in [1.82, 2.24) is 0 Å². The van der Waals surface area contributed by atoms with Gasteiger partial charge in [-0.15, -0.1) is 0 Å². The van der Waals surface area contributed by atoms with E-state index in [1.807, 2.05) is 37.3 Å². The number of methoxy groups -OCH3 is 2. The third-order valence-electron chi connectivity index (χ3n) is 5.08. The van der Waals surface area contributed by atoms with Crippen LogP contribution < -0.4 is 4.74 Å². The average Bonchev–Trinajstić information content (AvgIpc) is 2.93. The van der Waals surface area contributed by atoms with Crippen LogP contribution >= 0.6 is 0 Å². The second-order valence-corrected chi connectivity index (χ2v) is 8.45. The van der Waals surface area contributed by atoms with E-state index in [2.05, 4.69) is 69.6 Å². The van der Waals surface area contributed by atoms with E-state index in [-0.39, 0.29) is 0 Å². The Labute approximate surface area is 229 Å². The normalized spacial score (nSPS) is 9.89. The summed E-state index contributed by atoms with van der Waals surface area (Å²) < 4.78 is 10.0. The van der Waals surface area contributed by atoms with E-state index in [1.54, 1.807) is 20.3 Å². The summed E-state index contributed by atoms with van der Waals surface area (Å²) in [5, 5.41) is 0. The van der Waals surface area contributed by atoms with Gasteiger partial charge in [0.2, 0.25) is 0 Å². The molecule has 0 atom stereocenters. The van der Waals surface area contributed by atoms with Gasteiger partial charge in [-0.1, -0.05) is 92.1 Å². The Hall–Kier alpha value is -4.18. The zero-order valence-corrected chi connectivity index (χ0v) is 23.4. The molecule has 2 aromatic rings. The number of hydrogen-bond donors (Lipinski definition) is 0. The number of allylic oxidation sites excluding steroid dienone is 7. The zero-order valence-electron chi connectivity index (χ0n) is 23.4. The Morgan fingerprint density at radius 3 is 1.55 bits per heavy atom. The minimum Gasteiger partial charge on any atom is -0.497 e. The molecule has 0 N–H and O–H groups in total. The first-order valence-corrected chi connectivity index (χ1v) is 12.4. The molecule has 0 fully saturated rings. The lowest BCUT2D eigenvalue weighted by Crippen LogP contribution is -1.82. The molecule has 0 saturated heterocycles. The average molecular weight is 515 g/mol. The van der Waals surface area contributed by atoms with Crippen molar-refractivity contribution >= 4 is 12.6 Å². The third kappa shape index (κ3) is 16.5. The molecule has 0 aromatic heterocycles. The van der Waals surface area contributed by atoms with Gasteiger partial charge in [0.05, 0.1) is 14.2 Å². The van der Waals surface area contributed by atoms with Crippen LogP contribution in [0.25, 0.3) is 11.1 Å². The summed E-state index contributed by atoms with van der Waals surface area (Å²) in [6, 6.07) is 16.6. The van der Waals surface area contributed by atoms with Crippen LogP contribution in [0.1, 0.15) is 38.2 Å². The summed E-state index contributed by atoms with van der Waals surface area (Å²) in [4.78, 5) is 19.4. The van der Waals surface area contributed by atoms with Gasteiger partial charge in [0.1, 0.15) is 24.1 Å². The third-order valence-corrected chi connectivity index (χ3v) is 5.08. The lowest BCUT2D eigenvalue weighted by Gasteiger charge is -2.03. The fourth-order valence-electron chi connectivity index (χ4n) is 2.70. The quantitative estimate of drug-likeness (QED) is 0.116. The molecule has 0 saturated carbocycles. The maximum atomic E-state index is 9.68. The summed E-state index contributed by atoms with van der Waals surface area (Å²) in [6.07, 6.45) is 12.0. The number of unbranched alkanes of at least 4 members (excludes halogenated alkanes) is 3. The molecule has 0 aliphatic rings. The highest BCUT2D eigenvalue weighted by atomic mass is 16.5. The van der Waals surface area contributed by atoms with E-state index < -0.39 is 0 Å². The van der Waals surface area contributed by atoms with Crippen molar-refractivity contribution in [2.24, 2.45) is 0 Å². The highest BCUT2D eigenvalue weighted by Crippen LogP contribution is 2.22. The van der Waals surface area contributed by atoms with Crippen molar-refractivity contribution in [3.63, 3.8) is 0 Å². The molecule has 0 aliphatic carbocycles. The maximum Gasteiger partial charge on any atom is 0.119 e. The first kappa shape index (κ1) is 33.8. The summed E-state index contributed by atoms with van der Waals surface area (Å²) in [6.45, 7) is 19.2. The zero-order chi connectivity index (χ0) is 28.8. The number of aldehydes is 2. The summed E-state index contributed by atoms with van der Waals surface area (Å²) in [5.41, 5.74) is 6.39. The molecule has 0 radical (unpaired) electrons. The van der Waals surface area contributed by atoms with E-state index in [0.717, 1.165) is 47.9 Å². The first-order valence-electron chi connectivity index (χ1n) is 12.4. The fourth-order valence-corrected chi connectivity index (χ4v) is 2.70. The van der Waals surface area contributed by atoms with Gasteiger partial charge >= 0.3 is 0 Å². The first-order chi connectivity index (χ1) is 18.2. The van der Waals surface area contributed by atoms with E-state index in [4.69, 9.17) is 9.47 Å². The Bertz CT molecular complexity index is 1070. The van der Waals surface area contributed by atoms with Gasteiger partial charge in [0.15, 0.2) is 0 Å². The highest BCUT2D eigenvalue weighted by Gasteiger charge is 1.97. The largest absolute Gasteiger partial charge is 0.497 e. The van der Waals surface area contributed by atoms with Crippen LogP contribution in [0.3, 0.4) is 0 Å². The van der Waals surface area contributed by atoms with Crippen molar-refractivity contribution in [2.45, 2.75) is 39.5 Å². The van der Waals surface area contributed by atoms with E-state index in [9.17, 15) is 9.59 Å². The van der Waals surface area contributed by atoms with E-state index >= 15 is 0 Å². The molecular formula is C34H42O4. The van der Waals surface area contributed by atoms with Crippen LogP contribution in [-0.2, 0) is 14.3 Å². The summed E-state index contributed by atoms with van der Waals surface area (Å²) in [5.74, 6) is 1.48. The maximum absolute atomic E-state index is 9.68. The number of benzene rings is 2. The molecule has 4 nitrogen and oxygen atoms in total. The Kier molecular flexibility index (Phi) is 18.7. The topological polar surface area (TPSA) is 52.6 Å². The minimum absolute atomic E-state index is 0.591. The van der Waals surface area contributed by atoms with Crippen molar-refractivity contribution < 1.29 is 19.1 Å². The molecule has 0 unspecified atom stereocenters. The summed E-state index contributed by atoms with van der Waals surface area (Å²) in [7, 11) is 3.26. The molecular weight excluding hydrogens is 472 g/mol. The molecule has 38 heavy (non-hydrogen) atoms. The molecule has 202 valence electrons. The molecule has 0 heterocycles. The number of hydrogen-bond acceptors (Lipinski definition) is 4. The van der Waals surface area contributed by atoms with Crippen molar-refractivity contribution in [3.8, 4) is 16.9 Å². The molecule has 0 spiro atoms. The molecule has 2 aromatic carbocycles. The molecule has 4 heteroatoms. The molecule has 0 aliphatic heterocycles. The number of aryl methyl sites for hydroxylation is 1. The smallest absolute Gasteiger partial charge is 0.119 e. The van der Waals surface area contributed by atoms with E-state index in [0.29, 0.717) is 18.6 Å². The van der Waals surface area contributed by atoms with Crippen LogP contribution in [0.4, 0.5) is 0 Å². The van der Waals surface area contributed by atoms with Gasteiger partial charge in [-0.3, -0.25) is 0 Å². The SMILES string of the molecule is C=C(C)/C=C\C(=C)C(=C)/C=C\C(=C)OC.COc1ccc(-c2ccc(C)cc2)cc1.O=CCCCCC=O. The van der Waals surface area contributed by atoms with Gasteiger partial charge in [-0.25, -0.2) is 0 Å². The second-order valence-electron chi connectivity index (χ2n) is 8.45. The van der Waals surface area contributed by atoms with Crippen LogP contribution in [0.2, 0.25) is 0 Å². The molecule has 0 amide bonds. The van der Waals surface area contributed by atoms with Crippen molar-refractivity contribution in [2.75, 3.05) is 14.2 Å². The minimum atomic E-state index is 0.591. The van der Waals surface area contributed by atoms with Gasteiger partial charge < -0.3 is 19.1 Å². The monoisotopic (exact) mass is 514 g/mol. The van der Waals surface area contributed by atoms with Crippen LogP contribution in [0, 0.1) is 6.92 Å². The predicted octanol–water partition coefficient (Wildman–Crippen LogP) is 8.56. The van der Waals surface area contributed by atoms with Crippen LogP contribution in [0.15, 0.2) is 122 Å². The highest BCUT2D eigenvalue weighted by molar-refractivity contribution is 5.64. The number of ether oxygens (including phenoxy) is 2. The standard InChI is InChI=1S/C14H14O.C14H18O.C6H10O2/c1-11-3-5-12(6-4-11)13-7-9-14(15-2)10-8-13;1-11(2)7-8-12(3)13(4)9-10-14(5)15-6;7-5-3-1-2-4-6-8/h3-10H,1-2H3;7-10H,1,3-5H2,2,6H3;5-6H,1-4H2/b;8-7-,10-9-;. The Morgan fingerprint density at radius 1 is 0.711 bits per heavy atom. The number of rotatable bonds is 13. The molecule has 2 rings (SSSR count). The van der Waals surface area contributed by atoms with Crippen molar-refractivity contribution in [3.05, 3.63) is 127 Å². The molecule has 0 bridgehead atoms. The van der Waals surface area contributed by atoms with E-state index in [1.165, 1.54) is 16.7 Å². The second kappa shape index (κ2) is 21.0. The number of carbonyl (C=O) groups excluding carboxylic acids is 2. The predicted molar refractivity (Wildman–Crippen MR) is 161 cm³/mol. The van der Waals surface area contributed by atoms with Gasteiger partial charge in [0.25, 0.3) is 0 Å². The van der Waals surface area contributed by atoms with Gasteiger partial charge in [-0.05, 0) is 67.2 Å². The lowest BCUT2D eigenvalue weighted by atomic mass is 10.0. The van der Waals surface area contributed by atoms with Crippen LogP contribution in [-0.4, -0.2) is 26.8 Å². The lowest BCUT2D eigenvalue weighted by molar-refractivity contribution is -0.109. The fraction of sp³-hybridized carbons (Fsp3) is 0.235. The van der Waals surface area contributed by atoms with Crippen LogP contribution in [0.5, 0.6) is 5.75 Å². The summed E-state index contributed by atoms with van der Waals surface area (Å²) >= 11 is 0. The Balaban J connectivity index is 0.000000569. The Morgan fingerprint density at radius 2 is 1.16 bits per heavy atom. The van der Waals surface area contributed by atoms with Gasteiger partial charge in [0, 0.05) is 12.8 Å². The number of carbonyl (C=O) groups is 2. The van der Waals surface area contributed by atoms with Gasteiger partial charge in [-0.2, -0.15) is 0 Å². The van der Waals surface area contributed by atoms with Crippen molar-refractivity contribution in [1.29, 1.82) is 0 Å².